The number of rotatable bonds is 4. The Morgan fingerprint density at radius 2 is 2.13 bits per heavy atom. The van der Waals surface area contributed by atoms with Crippen LogP contribution in [-0.4, -0.2) is 17.7 Å². The fraction of sp³-hybridized carbons (Fsp3) is 0.300. The summed E-state index contributed by atoms with van der Waals surface area (Å²) < 4.78 is 30.9. The molecule has 0 heterocycles. The molecule has 0 atom stereocenters. The summed E-state index contributed by atoms with van der Waals surface area (Å²) in [5.41, 5.74) is -0.333. The van der Waals surface area contributed by atoms with Gasteiger partial charge >= 0.3 is 5.97 Å². The van der Waals surface area contributed by atoms with Crippen molar-refractivity contribution >= 4 is 5.97 Å². The molecular weight excluding hydrogens is 206 g/mol. The third-order valence-electron chi connectivity index (χ3n) is 1.70. The van der Waals surface area contributed by atoms with E-state index >= 15 is 0 Å². The molecule has 1 aromatic carbocycles. The molecule has 0 saturated heterocycles. The smallest absolute Gasteiger partial charge is 0.335 e. The van der Waals surface area contributed by atoms with E-state index in [2.05, 4.69) is 0 Å². The molecule has 1 N–H and O–H groups in total. The first-order chi connectivity index (χ1) is 7.06. The van der Waals surface area contributed by atoms with Gasteiger partial charge in [0.15, 0.2) is 11.6 Å². The maximum absolute atomic E-state index is 13.1. The van der Waals surface area contributed by atoms with Crippen LogP contribution >= 0.6 is 0 Å². The van der Waals surface area contributed by atoms with Crippen molar-refractivity contribution in [3.05, 3.63) is 29.3 Å². The minimum atomic E-state index is -1.32. The topological polar surface area (TPSA) is 46.5 Å². The largest absolute Gasteiger partial charge is 0.490 e. The first-order valence-corrected chi connectivity index (χ1v) is 4.41. The van der Waals surface area contributed by atoms with Crippen molar-refractivity contribution in [1.82, 2.24) is 0 Å². The van der Waals surface area contributed by atoms with Gasteiger partial charge in [-0.15, -0.1) is 0 Å². The standard InChI is InChI=1S/C10H10F2O3/c1-2-3-15-8-5-6(10(13)14)4-7(11)9(8)12/h4-5H,2-3H2,1H3,(H,13,14). The number of hydrogen-bond acceptors (Lipinski definition) is 2. The normalized spacial score (nSPS) is 10.1. The molecule has 0 spiro atoms. The minimum absolute atomic E-state index is 0.208. The maximum Gasteiger partial charge on any atom is 0.335 e. The van der Waals surface area contributed by atoms with E-state index in [1.54, 1.807) is 6.92 Å². The maximum atomic E-state index is 13.1. The molecule has 5 heteroatoms. The summed E-state index contributed by atoms with van der Waals surface area (Å²) in [7, 11) is 0. The van der Waals surface area contributed by atoms with Gasteiger partial charge in [0.05, 0.1) is 12.2 Å². The third kappa shape index (κ3) is 2.65. The molecule has 1 aromatic rings. The number of carboxylic acid groups (broad SMARTS) is 1. The monoisotopic (exact) mass is 216 g/mol. The molecule has 0 aliphatic carbocycles. The number of aromatic carboxylic acids is 1. The second kappa shape index (κ2) is 4.72. The fourth-order valence-corrected chi connectivity index (χ4v) is 1.00. The Balaban J connectivity index is 3.07. The van der Waals surface area contributed by atoms with Crippen molar-refractivity contribution in [1.29, 1.82) is 0 Å². The highest BCUT2D eigenvalue weighted by Crippen LogP contribution is 2.22. The highest BCUT2D eigenvalue weighted by molar-refractivity contribution is 5.88. The molecule has 1 rings (SSSR count). The Morgan fingerprint density at radius 3 is 2.67 bits per heavy atom. The first kappa shape index (κ1) is 11.4. The van der Waals surface area contributed by atoms with E-state index in [9.17, 15) is 13.6 Å². The van der Waals surface area contributed by atoms with E-state index in [-0.39, 0.29) is 17.9 Å². The zero-order valence-corrected chi connectivity index (χ0v) is 8.09. The van der Waals surface area contributed by atoms with Gasteiger partial charge in [0, 0.05) is 0 Å². The molecule has 0 fully saturated rings. The van der Waals surface area contributed by atoms with E-state index in [0.29, 0.717) is 12.5 Å². The zero-order chi connectivity index (χ0) is 11.4. The first-order valence-electron chi connectivity index (χ1n) is 4.41. The Morgan fingerprint density at radius 1 is 1.47 bits per heavy atom. The van der Waals surface area contributed by atoms with Crippen molar-refractivity contribution in [3.63, 3.8) is 0 Å². The van der Waals surface area contributed by atoms with Crippen molar-refractivity contribution in [2.24, 2.45) is 0 Å². The molecule has 0 amide bonds. The van der Waals surface area contributed by atoms with Gasteiger partial charge in [0.25, 0.3) is 0 Å². The molecule has 82 valence electrons. The summed E-state index contributed by atoms with van der Waals surface area (Å²) in [5, 5.41) is 8.61. The number of halogens is 2. The van der Waals surface area contributed by atoms with Crippen LogP contribution in [0.15, 0.2) is 12.1 Å². The molecule has 0 aliphatic heterocycles. The molecule has 0 aromatic heterocycles. The van der Waals surface area contributed by atoms with Gasteiger partial charge in [0.1, 0.15) is 0 Å². The lowest BCUT2D eigenvalue weighted by atomic mass is 10.2. The van der Waals surface area contributed by atoms with E-state index in [4.69, 9.17) is 9.84 Å². The van der Waals surface area contributed by atoms with Crippen molar-refractivity contribution in [2.45, 2.75) is 13.3 Å². The SMILES string of the molecule is CCCOc1cc(C(=O)O)cc(F)c1F. The quantitative estimate of drug-likeness (QED) is 0.840. The molecule has 3 nitrogen and oxygen atoms in total. The number of hydrogen-bond donors (Lipinski definition) is 1. The average Bonchev–Trinajstić information content (AvgIpc) is 2.19. The van der Waals surface area contributed by atoms with Gasteiger partial charge < -0.3 is 9.84 Å². The zero-order valence-electron chi connectivity index (χ0n) is 8.09. The Kier molecular flexibility index (Phi) is 3.60. The summed E-state index contributed by atoms with van der Waals surface area (Å²) >= 11 is 0. The lowest BCUT2D eigenvalue weighted by Gasteiger charge is -2.07. The molecule has 15 heavy (non-hydrogen) atoms. The highest BCUT2D eigenvalue weighted by Gasteiger charge is 2.15. The van der Waals surface area contributed by atoms with Crippen LogP contribution in [0.5, 0.6) is 5.75 Å². The molecule has 0 unspecified atom stereocenters. The summed E-state index contributed by atoms with van der Waals surface area (Å²) in [6.07, 6.45) is 0.623. The molecule has 0 radical (unpaired) electrons. The van der Waals surface area contributed by atoms with Crippen molar-refractivity contribution in [3.8, 4) is 5.75 Å². The predicted octanol–water partition coefficient (Wildman–Crippen LogP) is 2.45. The lowest BCUT2D eigenvalue weighted by Crippen LogP contribution is -2.04. The van der Waals surface area contributed by atoms with Crippen molar-refractivity contribution in [2.75, 3.05) is 6.61 Å². The number of ether oxygens (including phenoxy) is 1. The van der Waals surface area contributed by atoms with Crippen LogP contribution in [-0.2, 0) is 0 Å². The van der Waals surface area contributed by atoms with E-state index in [0.717, 1.165) is 6.07 Å². The Hall–Kier alpha value is -1.65. The third-order valence-corrected chi connectivity index (χ3v) is 1.70. The van der Waals surface area contributed by atoms with Crippen molar-refractivity contribution < 1.29 is 23.4 Å². The van der Waals surface area contributed by atoms with Crippen LogP contribution in [0.2, 0.25) is 0 Å². The van der Waals surface area contributed by atoms with Gasteiger partial charge in [-0.2, -0.15) is 4.39 Å². The summed E-state index contributed by atoms with van der Waals surface area (Å²) in [4.78, 5) is 10.5. The predicted molar refractivity (Wildman–Crippen MR) is 49.1 cm³/mol. The summed E-state index contributed by atoms with van der Waals surface area (Å²) in [6.45, 7) is 2.01. The molecule has 0 saturated carbocycles. The number of carbonyl (C=O) groups is 1. The highest BCUT2D eigenvalue weighted by atomic mass is 19.2. The van der Waals surface area contributed by atoms with Gasteiger partial charge in [-0.25, -0.2) is 9.18 Å². The fourth-order valence-electron chi connectivity index (χ4n) is 1.00. The van der Waals surface area contributed by atoms with Crippen LogP contribution < -0.4 is 4.74 Å². The van der Waals surface area contributed by atoms with Gasteiger partial charge in [-0.05, 0) is 18.6 Å². The summed E-state index contributed by atoms with van der Waals surface area (Å²) in [6, 6.07) is 1.59. The van der Waals surface area contributed by atoms with Crippen LogP contribution in [0.4, 0.5) is 8.78 Å². The molecular formula is C10H10F2O3. The number of benzene rings is 1. The van der Waals surface area contributed by atoms with Crippen LogP contribution in [0, 0.1) is 11.6 Å². The minimum Gasteiger partial charge on any atom is -0.490 e. The second-order valence-corrected chi connectivity index (χ2v) is 2.92. The van der Waals surface area contributed by atoms with Gasteiger partial charge in [0.2, 0.25) is 5.82 Å². The van der Waals surface area contributed by atoms with E-state index in [1.165, 1.54) is 0 Å². The lowest BCUT2D eigenvalue weighted by molar-refractivity contribution is 0.0695. The Labute approximate surface area is 85.3 Å². The van der Waals surface area contributed by atoms with Gasteiger partial charge in [-0.3, -0.25) is 0 Å². The summed E-state index contributed by atoms with van der Waals surface area (Å²) in [5.74, 6) is -4.07. The van der Waals surface area contributed by atoms with Crippen LogP contribution in [0.25, 0.3) is 0 Å². The van der Waals surface area contributed by atoms with Crippen LogP contribution in [0.1, 0.15) is 23.7 Å². The van der Waals surface area contributed by atoms with Gasteiger partial charge in [-0.1, -0.05) is 6.92 Å². The number of carboxylic acids is 1. The molecule has 0 bridgehead atoms. The second-order valence-electron chi connectivity index (χ2n) is 2.92. The average molecular weight is 216 g/mol. The Bertz CT molecular complexity index is 377. The van der Waals surface area contributed by atoms with E-state index < -0.39 is 17.6 Å². The molecule has 0 aliphatic rings. The van der Waals surface area contributed by atoms with E-state index in [1.807, 2.05) is 0 Å². The van der Waals surface area contributed by atoms with Crippen LogP contribution in [0.3, 0.4) is 0 Å².